The van der Waals surface area contributed by atoms with E-state index in [-0.39, 0.29) is 0 Å². The fourth-order valence-corrected chi connectivity index (χ4v) is 2.01. The highest BCUT2D eigenvalue weighted by Crippen LogP contribution is 2.15. The lowest BCUT2D eigenvalue weighted by Gasteiger charge is -2.42. The summed E-state index contributed by atoms with van der Waals surface area (Å²) >= 11 is 0. The number of nitrogens with zero attached hydrogens (tertiary/aromatic N) is 3. The van der Waals surface area contributed by atoms with Crippen LogP contribution in [0, 0.1) is 0 Å². The Hall–Kier alpha value is -0.410. The van der Waals surface area contributed by atoms with Crippen LogP contribution in [0.3, 0.4) is 0 Å². The average Bonchev–Trinajstić information content (AvgIpc) is 2.18. The fourth-order valence-electron chi connectivity index (χ4n) is 2.01. The van der Waals surface area contributed by atoms with Gasteiger partial charge in [-0.3, -0.25) is 4.90 Å². The van der Waals surface area contributed by atoms with Gasteiger partial charge in [-0.25, -0.2) is 0 Å². The molecule has 0 atom stereocenters. The molecule has 1 rings (SSSR count). The minimum absolute atomic E-state index is 0.330. The second kappa shape index (κ2) is 5.61. The smallest absolute Gasteiger partial charge is 0.0273 e. The fraction of sp³-hybridized carbons (Fsp3) is 0.917. The van der Waals surface area contributed by atoms with Crippen molar-refractivity contribution >= 4 is 6.21 Å². The summed E-state index contributed by atoms with van der Waals surface area (Å²) in [6, 6.07) is 0. The van der Waals surface area contributed by atoms with Crippen molar-refractivity contribution < 1.29 is 0 Å². The summed E-state index contributed by atoms with van der Waals surface area (Å²) in [5.74, 6) is 0. The van der Waals surface area contributed by atoms with E-state index in [1.54, 1.807) is 0 Å². The van der Waals surface area contributed by atoms with Crippen molar-refractivity contribution in [1.82, 2.24) is 9.80 Å². The molecule has 0 aromatic heterocycles. The summed E-state index contributed by atoms with van der Waals surface area (Å²) < 4.78 is 0. The van der Waals surface area contributed by atoms with Crippen molar-refractivity contribution in [2.75, 3.05) is 39.8 Å². The molecule has 3 nitrogen and oxygen atoms in total. The normalized spacial score (nSPS) is 21.3. The average molecular weight is 211 g/mol. The Kier molecular flexibility index (Phi) is 4.74. The highest BCUT2D eigenvalue weighted by atomic mass is 15.3. The molecule has 1 heterocycles. The third kappa shape index (κ3) is 4.31. The Morgan fingerprint density at radius 1 is 1.13 bits per heavy atom. The molecule has 0 aromatic rings. The van der Waals surface area contributed by atoms with E-state index in [0.29, 0.717) is 5.54 Å². The van der Waals surface area contributed by atoms with E-state index in [0.717, 1.165) is 13.0 Å². The van der Waals surface area contributed by atoms with Crippen LogP contribution in [0.15, 0.2) is 4.99 Å². The van der Waals surface area contributed by atoms with Crippen molar-refractivity contribution in [3.63, 3.8) is 0 Å². The second-order valence-corrected chi connectivity index (χ2v) is 5.23. The van der Waals surface area contributed by atoms with Crippen molar-refractivity contribution in [3.05, 3.63) is 0 Å². The Morgan fingerprint density at radius 2 is 1.73 bits per heavy atom. The maximum absolute atomic E-state index is 4.01. The van der Waals surface area contributed by atoms with Gasteiger partial charge in [0.15, 0.2) is 0 Å². The van der Waals surface area contributed by atoms with E-state index in [4.69, 9.17) is 0 Å². The summed E-state index contributed by atoms with van der Waals surface area (Å²) in [5.41, 5.74) is 0.330. The summed E-state index contributed by atoms with van der Waals surface area (Å²) in [6.45, 7) is 12.9. The first-order valence-corrected chi connectivity index (χ1v) is 5.92. The van der Waals surface area contributed by atoms with Gasteiger partial charge in [-0.1, -0.05) is 0 Å². The van der Waals surface area contributed by atoms with Gasteiger partial charge < -0.3 is 9.89 Å². The monoisotopic (exact) mass is 211 g/mol. The van der Waals surface area contributed by atoms with Crippen molar-refractivity contribution in [2.24, 2.45) is 4.99 Å². The van der Waals surface area contributed by atoms with E-state index in [1.165, 1.54) is 26.2 Å². The SMILES string of the molecule is CN=CCCN1CCN(C(C)(C)C)CC1. The van der Waals surface area contributed by atoms with Crippen LogP contribution in [0.25, 0.3) is 0 Å². The van der Waals surface area contributed by atoms with Crippen LogP contribution in [0.5, 0.6) is 0 Å². The van der Waals surface area contributed by atoms with Gasteiger partial charge in [-0.15, -0.1) is 0 Å². The lowest BCUT2D eigenvalue weighted by molar-refractivity contribution is 0.0637. The van der Waals surface area contributed by atoms with Crippen LogP contribution in [0.4, 0.5) is 0 Å². The lowest BCUT2D eigenvalue weighted by Crippen LogP contribution is -2.53. The van der Waals surface area contributed by atoms with E-state index in [1.807, 2.05) is 13.3 Å². The number of hydrogen-bond acceptors (Lipinski definition) is 3. The Bertz CT molecular complexity index is 197. The molecule has 3 heteroatoms. The molecule has 0 saturated carbocycles. The van der Waals surface area contributed by atoms with Crippen LogP contribution in [-0.2, 0) is 0 Å². The summed E-state index contributed by atoms with van der Waals surface area (Å²) in [4.78, 5) is 9.11. The molecule has 0 unspecified atom stereocenters. The van der Waals surface area contributed by atoms with Crippen molar-refractivity contribution in [2.45, 2.75) is 32.7 Å². The van der Waals surface area contributed by atoms with Gasteiger partial charge in [-0.2, -0.15) is 0 Å². The maximum Gasteiger partial charge on any atom is 0.0273 e. The van der Waals surface area contributed by atoms with Gasteiger partial charge in [0.25, 0.3) is 0 Å². The van der Waals surface area contributed by atoms with Crippen LogP contribution in [-0.4, -0.2) is 61.3 Å². The van der Waals surface area contributed by atoms with Crippen LogP contribution in [0.2, 0.25) is 0 Å². The maximum atomic E-state index is 4.01. The molecule has 0 spiro atoms. The van der Waals surface area contributed by atoms with E-state index in [9.17, 15) is 0 Å². The lowest BCUT2D eigenvalue weighted by atomic mass is 10.0. The molecule has 0 bridgehead atoms. The molecule has 15 heavy (non-hydrogen) atoms. The minimum atomic E-state index is 0.330. The first kappa shape index (κ1) is 12.7. The van der Waals surface area contributed by atoms with Gasteiger partial charge in [0, 0.05) is 45.3 Å². The van der Waals surface area contributed by atoms with Crippen LogP contribution < -0.4 is 0 Å². The van der Waals surface area contributed by atoms with Crippen molar-refractivity contribution in [1.29, 1.82) is 0 Å². The zero-order valence-electron chi connectivity index (χ0n) is 10.7. The quantitative estimate of drug-likeness (QED) is 0.659. The zero-order chi connectivity index (χ0) is 11.3. The predicted octanol–water partition coefficient (Wildman–Crippen LogP) is 1.49. The summed E-state index contributed by atoms with van der Waals surface area (Å²) in [7, 11) is 1.84. The van der Waals surface area contributed by atoms with Crippen molar-refractivity contribution in [3.8, 4) is 0 Å². The summed E-state index contributed by atoms with van der Waals surface area (Å²) in [5, 5.41) is 0. The molecule has 0 aromatic carbocycles. The van der Waals surface area contributed by atoms with Gasteiger partial charge in [-0.05, 0) is 33.4 Å². The molecule has 1 aliphatic rings. The molecule has 0 amide bonds. The Morgan fingerprint density at radius 3 is 2.20 bits per heavy atom. The van der Waals surface area contributed by atoms with E-state index < -0.39 is 0 Å². The highest BCUT2D eigenvalue weighted by Gasteiger charge is 2.25. The molecular weight excluding hydrogens is 186 g/mol. The number of aliphatic imine (C=N–C) groups is 1. The largest absolute Gasteiger partial charge is 0.301 e. The number of hydrogen-bond donors (Lipinski definition) is 0. The Balaban J connectivity index is 2.24. The molecule has 0 aliphatic carbocycles. The zero-order valence-corrected chi connectivity index (χ0v) is 10.7. The van der Waals surface area contributed by atoms with Gasteiger partial charge in [0.1, 0.15) is 0 Å². The van der Waals surface area contributed by atoms with E-state index >= 15 is 0 Å². The molecule has 1 aliphatic heterocycles. The predicted molar refractivity (Wildman–Crippen MR) is 66.8 cm³/mol. The molecule has 0 N–H and O–H groups in total. The third-order valence-corrected chi connectivity index (χ3v) is 3.08. The second-order valence-electron chi connectivity index (χ2n) is 5.23. The van der Waals surface area contributed by atoms with E-state index in [2.05, 4.69) is 35.6 Å². The van der Waals surface area contributed by atoms with Gasteiger partial charge in [0.05, 0.1) is 0 Å². The first-order chi connectivity index (χ1) is 7.04. The standard InChI is InChI=1S/C12H25N3/c1-12(2,3)15-10-8-14(9-11-15)7-5-6-13-4/h6H,5,7-11H2,1-4H3. The highest BCUT2D eigenvalue weighted by molar-refractivity contribution is 5.56. The van der Waals surface area contributed by atoms with Crippen LogP contribution >= 0.6 is 0 Å². The topological polar surface area (TPSA) is 18.8 Å². The number of piperazine rings is 1. The Labute approximate surface area is 94.2 Å². The number of rotatable bonds is 3. The van der Waals surface area contributed by atoms with Crippen LogP contribution in [0.1, 0.15) is 27.2 Å². The first-order valence-electron chi connectivity index (χ1n) is 5.92. The van der Waals surface area contributed by atoms with Gasteiger partial charge >= 0.3 is 0 Å². The summed E-state index contributed by atoms with van der Waals surface area (Å²) in [6.07, 6.45) is 3.10. The molecule has 0 radical (unpaired) electrons. The molecule has 1 fully saturated rings. The third-order valence-electron chi connectivity index (χ3n) is 3.08. The molecular formula is C12H25N3. The van der Waals surface area contributed by atoms with Gasteiger partial charge in [0.2, 0.25) is 0 Å². The minimum Gasteiger partial charge on any atom is -0.301 e. The molecule has 1 saturated heterocycles. The molecule has 88 valence electrons.